The topological polar surface area (TPSA) is 72.6 Å². The molecule has 27 heavy (non-hydrogen) atoms. The summed E-state index contributed by atoms with van der Waals surface area (Å²) in [5, 5.41) is 2.60. The van der Waals surface area contributed by atoms with Crippen LogP contribution in [-0.2, 0) is 22.7 Å². The molecular weight excluding hydrogens is 364 g/mol. The van der Waals surface area contributed by atoms with Gasteiger partial charge in [-0.2, -0.15) is 0 Å². The number of amides is 1. The van der Waals surface area contributed by atoms with Crippen LogP contribution in [-0.4, -0.2) is 28.3 Å². The van der Waals surface area contributed by atoms with Crippen molar-refractivity contribution in [3.05, 3.63) is 64.9 Å². The van der Waals surface area contributed by atoms with E-state index in [1.54, 1.807) is 24.5 Å². The third-order valence-corrected chi connectivity index (χ3v) is 5.27. The first kappa shape index (κ1) is 17.5. The van der Waals surface area contributed by atoms with Gasteiger partial charge in [0.25, 0.3) is 0 Å². The third-order valence-electron chi connectivity index (χ3n) is 4.37. The minimum Gasteiger partial charge on any atom is -0.462 e. The zero-order valence-electron chi connectivity index (χ0n) is 14.6. The Hall–Kier alpha value is -2.93. The summed E-state index contributed by atoms with van der Waals surface area (Å²) in [7, 11) is 0. The molecule has 1 amide bonds. The number of hydrogen-bond donors (Lipinski definition) is 0. The van der Waals surface area contributed by atoms with Crippen LogP contribution in [0.15, 0.2) is 52.5 Å². The highest BCUT2D eigenvalue weighted by Crippen LogP contribution is 2.24. The average molecular weight is 382 g/mol. The molecule has 0 spiro atoms. The minimum absolute atomic E-state index is 0.111. The molecule has 1 fully saturated rings. The Kier molecular flexibility index (Phi) is 5.02. The molecule has 1 saturated heterocycles. The first-order valence-electron chi connectivity index (χ1n) is 8.71. The molecule has 7 heteroatoms. The normalized spacial score (nSPS) is 13.9. The maximum atomic E-state index is 12.2. The summed E-state index contributed by atoms with van der Waals surface area (Å²) in [4.78, 5) is 30.2. The number of esters is 1. The van der Waals surface area contributed by atoms with Gasteiger partial charge in [0.05, 0.1) is 17.5 Å². The number of rotatable bonds is 6. The van der Waals surface area contributed by atoms with E-state index in [1.807, 2.05) is 28.5 Å². The van der Waals surface area contributed by atoms with Gasteiger partial charge in [-0.15, -0.1) is 11.3 Å². The molecule has 0 unspecified atom stereocenters. The monoisotopic (exact) mass is 382 g/mol. The SMILES string of the molecule is O=C(OCc1csc(-c2ccco2)n1)c1ccc(CN2CCCC2=O)cc1. The molecule has 0 saturated carbocycles. The van der Waals surface area contributed by atoms with Crippen LogP contribution in [0, 0.1) is 0 Å². The number of carbonyl (C=O) groups is 2. The van der Waals surface area contributed by atoms with E-state index >= 15 is 0 Å². The highest BCUT2D eigenvalue weighted by molar-refractivity contribution is 7.13. The lowest BCUT2D eigenvalue weighted by atomic mass is 10.1. The van der Waals surface area contributed by atoms with Gasteiger partial charge in [0, 0.05) is 24.9 Å². The van der Waals surface area contributed by atoms with Crippen molar-refractivity contribution in [2.24, 2.45) is 0 Å². The lowest BCUT2D eigenvalue weighted by molar-refractivity contribution is -0.128. The Morgan fingerprint density at radius 2 is 2.11 bits per heavy atom. The van der Waals surface area contributed by atoms with Crippen LogP contribution in [0.1, 0.15) is 34.5 Å². The van der Waals surface area contributed by atoms with E-state index < -0.39 is 5.97 Å². The smallest absolute Gasteiger partial charge is 0.338 e. The molecule has 3 aromatic rings. The standard InChI is InChI=1S/C20H18N2O4S/c23-18-4-1-9-22(18)11-14-5-7-15(8-6-14)20(24)26-12-16-13-27-19(21-16)17-3-2-10-25-17/h2-3,5-8,10,13H,1,4,9,11-12H2. The molecule has 1 aliphatic rings. The number of aromatic nitrogens is 1. The fourth-order valence-electron chi connectivity index (χ4n) is 2.95. The van der Waals surface area contributed by atoms with Crippen molar-refractivity contribution in [2.45, 2.75) is 26.0 Å². The maximum absolute atomic E-state index is 12.2. The number of nitrogens with zero attached hydrogens (tertiary/aromatic N) is 2. The fraction of sp³-hybridized carbons (Fsp3) is 0.250. The molecule has 0 aliphatic carbocycles. The lowest BCUT2D eigenvalue weighted by Gasteiger charge is -2.15. The number of hydrogen-bond acceptors (Lipinski definition) is 6. The Labute approximate surface area is 160 Å². The molecule has 138 valence electrons. The average Bonchev–Trinajstić information content (AvgIpc) is 3.43. The van der Waals surface area contributed by atoms with Crippen LogP contribution in [0.3, 0.4) is 0 Å². The molecular formula is C20H18N2O4S. The molecule has 3 heterocycles. The first-order valence-corrected chi connectivity index (χ1v) is 9.59. The fourth-order valence-corrected chi connectivity index (χ4v) is 3.72. The summed E-state index contributed by atoms with van der Waals surface area (Å²) in [6, 6.07) is 10.8. The lowest BCUT2D eigenvalue weighted by Crippen LogP contribution is -2.23. The molecule has 0 radical (unpaired) electrons. The third kappa shape index (κ3) is 4.09. The van der Waals surface area contributed by atoms with Gasteiger partial charge in [0.15, 0.2) is 10.8 Å². The van der Waals surface area contributed by atoms with Crippen LogP contribution in [0.2, 0.25) is 0 Å². The van der Waals surface area contributed by atoms with Gasteiger partial charge in [0.1, 0.15) is 6.61 Å². The van der Waals surface area contributed by atoms with Crippen LogP contribution in [0.25, 0.3) is 10.8 Å². The summed E-state index contributed by atoms with van der Waals surface area (Å²) in [5.41, 5.74) is 2.17. The highest BCUT2D eigenvalue weighted by atomic mass is 32.1. The Morgan fingerprint density at radius 1 is 1.26 bits per heavy atom. The van der Waals surface area contributed by atoms with Crippen molar-refractivity contribution in [1.29, 1.82) is 0 Å². The van der Waals surface area contributed by atoms with Crippen molar-refractivity contribution in [3.8, 4) is 10.8 Å². The second kappa shape index (κ2) is 7.75. The number of benzene rings is 1. The molecule has 1 aliphatic heterocycles. The van der Waals surface area contributed by atoms with Gasteiger partial charge in [-0.05, 0) is 36.2 Å². The largest absolute Gasteiger partial charge is 0.462 e. The van der Waals surface area contributed by atoms with Gasteiger partial charge >= 0.3 is 5.97 Å². The molecule has 1 aromatic carbocycles. The summed E-state index contributed by atoms with van der Waals surface area (Å²) < 4.78 is 10.7. The van der Waals surface area contributed by atoms with E-state index in [1.165, 1.54) is 11.3 Å². The van der Waals surface area contributed by atoms with E-state index in [2.05, 4.69) is 4.98 Å². The predicted molar refractivity (Wildman–Crippen MR) is 100 cm³/mol. The van der Waals surface area contributed by atoms with E-state index in [4.69, 9.17) is 9.15 Å². The van der Waals surface area contributed by atoms with E-state index in [-0.39, 0.29) is 12.5 Å². The minimum atomic E-state index is -0.397. The summed E-state index contributed by atoms with van der Waals surface area (Å²) in [6.45, 7) is 1.50. The van der Waals surface area contributed by atoms with Crippen molar-refractivity contribution in [3.63, 3.8) is 0 Å². The van der Waals surface area contributed by atoms with Gasteiger partial charge < -0.3 is 14.1 Å². The van der Waals surface area contributed by atoms with Crippen LogP contribution >= 0.6 is 11.3 Å². The van der Waals surface area contributed by atoms with Crippen molar-refractivity contribution >= 4 is 23.2 Å². The van der Waals surface area contributed by atoms with Gasteiger partial charge in [-0.3, -0.25) is 4.79 Å². The van der Waals surface area contributed by atoms with E-state index in [0.717, 1.165) is 23.5 Å². The van der Waals surface area contributed by atoms with Gasteiger partial charge in [-0.25, -0.2) is 9.78 Å². The first-order chi connectivity index (χ1) is 13.2. The summed E-state index contributed by atoms with van der Waals surface area (Å²) in [5.74, 6) is 0.492. The number of furan rings is 1. The van der Waals surface area contributed by atoms with Crippen molar-refractivity contribution < 1.29 is 18.7 Å². The molecule has 6 nitrogen and oxygen atoms in total. The maximum Gasteiger partial charge on any atom is 0.338 e. The van der Waals surface area contributed by atoms with Crippen molar-refractivity contribution in [1.82, 2.24) is 9.88 Å². The van der Waals surface area contributed by atoms with Crippen LogP contribution in [0.4, 0.5) is 0 Å². The second-order valence-electron chi connectivity index (χ2n) is 6.31. The van der Waals surface area contributed by atoms with Gasteiger partial charge in [0.2, 0.25) is 5.91 Å². The Balaban J connectivity index is 1.32. The molecule has 2 aromatic heterocycles. The van der Waals surface area contributed by atoms with E-state index in [9.17, 15) is 9.59 Å². The van der Waals surface area contributed by atoms with Gasteiger partial charge in [-0.1, -0.05) is 12.1 Å². The number of likely N-dealkylation sites (tertiary alicyclic amines) is 1. The van der Waals surface area contributed by atoms with E-state index in [0.29, 0.717) is 30.0 Å². The summed E-state index contributed by atoms with van der Waals surface area (Å²) >= 11 is 1.44. The van der Waals surface area contributed by atoms with Crippen molar-refractivity contribution in [2.75, 3.05) is 6.54 Å². The Morgan fingerprint density at radius 3 is 2.81 bits per heavy atom. The molecule has 4 rings (SSSR count). The molecule has 0 N–H and O–H groups in total. The number of carbonyl (C=O) groups excluding carboxylic acids is 2. The second-order valence-corrected chi connectivity index (χ2v) is 7.17. The zero-order valence-corrected chi connectivity index (χ0v) is 15.4. The molecule has 0 atom stereocenters. The zero-order chi connectivity index (χ0) is 18.6. The number of ether oxygens (including phenoxy) is 1. The highest BCUT2D eigenvalue weighted by Gasteiger charge is 2.20. The Bertz CT molecular complexity index is 931. The quantitative estimate of drug-likeness (QED) is 0.605. The summed E-state index contributed by atoms with van der Waals surface area (Å²) in [6.07, 6.45) is 3.14. The molecule has 0 bridgehead atoms. The van der Waals surface area contributed by atoms with Crippen LogP contribution < -0.4 is 0 Å². The predicted octanol–water partition coefficient (Wildman–Crippen LogP) is 3.88. The van der Waals surface area contributed by atoms with Crippen LogP contribution in [0.5, 0.6) is 0 Å². The number of thiazole rings is 1.